The molecule has 0 unspecified atom stereocenters. The Bertz CT molecular complexity index is 207. The number of rotatable bonds is 1. The fourth-order valence-corrected chi connectivity index (χ4v) is 0.689. The lowest BCUT2D eigenvalue weighted by Gasteiger charge is -1.81. The largest absolute Gasteiger partial charge is 0.379 e. The Morgan fingerprint density at radius 2 is 1.92 bits per heavy atom. The zero-order valence-electron chi connectivity index (χ0n) is 7.04. The fraction of sp³-hybridized carbons (Fsp3) is 0.571. The molecule has 0 fully saturated rings. The minimum absolute atomic E-state index is 1.06. The Balaban J connectivity index is 0.000000261. The number of hydrogen-bond acceptors (Lipinski definition) is 0. The van der Waals surface area contributed by atoms with Crippen molar-refractivity contribution in [2.75, 3.05) is 0 Å². The molecular weight excluding hydrogens is 169 g/mol. The molecule has 0 aromatic carbocycles. The molecule has 0 radical (unpaired) electrons. The van der Waals surface area contributed by atoms with Gasteiger partial charge in [0.25, 0.3) is 0 Å². The van der Waals surface area contributed by atoms with E-state index in [2.05, 4.69) is 24.0 Å². The quantitative estimate of drug-likeness (QED) is 0.581. The van der Waals surface area contributed by atoms with E-state index in [1.807, 2.05) is 17.8 Å². The number of imidazole rings is 1. The van der Waals surface area contributed by atoms with Crippen molar-refractivity contribution in [2.24, 2.45) is 7.05 Å². The van der Waals surface area contributed by atoms with Crippen molar-refractivity contribution in [3.8, 4) is 0 Å². The highest BCUT2D eigenvalue weighted by atomic mass is 19.4. The minimum atomic E-state index is -3.67. The molecule has 1 rings (SSSR count). The van der Waals surface area contributed by atoms with E-state index in [1.54, 1.807) is 0 Å². The van der Waals surface area contributed by atoms with E-state index in [1.165, 1.54) is 0 Å². The first-order chi connectivity index (χ1) is 5.56. The van der Waals surface area contributed by atoms with Crippen molar-refractivity contribution < 1.29 is 17.7 Å². The Morgan fingerprint density at radius 1 is 1.42 bits per heavy atom. The van der Waals surface area contributed by atoms with Crippen molar-refractivity contribution in [3.63, 3.8) is 0 Å². The summed E-state index contributed by atoms with van der Waals surface area (Å²) in [6.45, 7) is -0.485. The smallest absolute Gasteiger partial charge is 0.240 e. The van der Waals surface area contributed by atoms with E-state index >= 15 is 0 Å². The van der Waals surface area contributed by atoms with Crippen molar-refractivity contribution in [1.82, 2.24) is 4.57 Å². The molecule has 12 heavy (non-hydrogen) atoms. The highest BCUT2D eigenvalue weighted by Crippen LogP contribution is 1.87. The molecule has 0 atom stereocenters. The van der Waals surface area contributed by atoms with Gasteiger partial charge >= 0.3 is 6.68 Å². The van der Waals surface area contributed by atoms with Gasteiger partial charge in [0.05, 0.1) is 13.6 Å². The summed E-state index contributed by atoms with van der Waals surface area (Å²) in [4.78, 5) is 0. The second-order valence-corrected chi connectivity index (χ2v) is 2.16. The van der Waals surface area contributed by atoms with Crippen LogP contribution in [0.1, 0.15) is 6.92 Å². The summed E-state index contributed by atoms with van der Waals surface area (Å²) in [5.74, 6) is 0. The highest BCUT2D eigenvalue weighted by molar-refractivity contribution is 4.61. The van der Waals surface area contributed by atoms with Gasteiger partial charge in [-0.05, 0) is 6.92 Å². The molecule has 70 valence electrons. The number of nitrogens with zero attached hydrogens (tertiary/aromatic N) is 2. The zero-order valence-corrected chi connectivity index (χ0v) is 7.04. The summed E-state index contributed by atoms with van der Waals surface area (Å²) >= 11 is 0. The van der Waals surface area contributed by atoms with Crippen LogP contribution in [-0.4, -0.2) is 11.2 Å². The molecule has 0 aliphatic rings. The summed E-state index contributed by atoms with van der Waals surface area (Å²) in [6.07, 6.45) is 6.14. The predicted octanol–water partition coefficient (Wildman–Crippen LogP) is 1.51. The highest BCUT2D eigenvalue weighted by Gasteiger charge is 1.92. The van der Waals surface area contributed by atoms with Gasteiger partial charge in [-0.25, -0.2) is 9.13 Å². The molecule has 0 aliphatic carbocycles. The maximum atomic E-state index is 9.67. The predicted molar refractivity (Wildman–Crippen MR) is 38.4 cm³/mol. The average Bonchev–Trinajstić information content (AvgIpc) is 2.34. The normalized spacial score (nSPS) is 9.50. The Kier molecular flexibility index (Phi) is 5.16. The van der Waals surface area contributed by atoms with Gasteiger partial charge in [-0.1, -0.05) is 0 Å². The number of aromatic nitrogens is 2. The van der Waals surface area contributed by atoms with Crippen LogP contribution in [0.25, 0.3) is 0 Å². The fourth-order valence-electron chi connectivity index (χ4n) is 0.689. The molecule has 1 heterocycles. The lowest BCUT2D eigenvalue weighted by atomic mass is 10.7. The third-order valence-electron chi connectivity index (χ3n) is 1.19. The van der Waals surface area contributed by atoms with Crippen LogP contribution >= 0.6 is 0 Å². The standard InChI is InChI=1S/C6H11N2.CHF3/c1-3-8-5-4-7(2)6-8;2-1(3)4/h4-6H,3H2,1-2H3;1H/q+1;. The molecule has 0 saturated heterocycles. The van der Waals surface area contributed by atoms with Gasteiger partial charge in [0.15, 0.2) is 0 Å². The second-order valence-electron chi connectivity index (χ2n) is 2.16. The average molecular weight is 181 g/mol. The molecule has 0 amide bonds. The van der Waals surface area contributed by atoms with Crippen molar-refractivity contribution in [1.29, 1.82) is 0 Å². The van der Waals surface area contributed by atoms with Gasteiger partial charge < -0.3 is 0 Å². The van der Waals surface area contributed by atoms with E-state index in [-0.39, 0.29) is 0 Å². The molecular formula is C7H12F3N2+. The third kappa shape index (κ3) is 5.76. The summed E-state index contributed by atoms with van der Waals surface area (Å²) in [5.41, 5.74) is 0. The van der Waals surface area contributed by atoms with Crippen LogP contribution in [0, 0.1) is 0 Å². The maximum Gasteiger partial charge on any atom is 0.379 e. The van der Waals surface area contributed by atoms with Crippen LogP contribution in [0.15, 0.2) is 18.7 Å². The first-order valence-corrected chi connectivity index (χ1v) is 3.49. The summed E-state index contributed by atoms with van der Waals surface area (Å²) in [5, 5.41) is 0. The molecule has 5 heteroatoms. The van der Waals surface area contributed by atoms with E-state index in [0.29, 0.717) is 0 Å². The molecule has 0 saturated carbocycles. The number of hydrogen-bond donors (Lipinski definition) is 0. The summed E-state index contributed by atoms with van der Waals surface area (Å²) in [6, 6.07) is 0. The molecule has 1 aromatic heterocycles. The van der Waals surface area contributed by atoms with E-state index in [4.69, 9.17) is 0 Å². The van der Waals surface area contributed by atoms with Crippen LogP contribution in [0.4, 0.5) is 13.2 Å². The van der Waals surface area contributed by atoms with E-state index in [9.17, 15) is 13.2 Å². The first-order valence-electron chi connectivity index (χ1n) is 3.49. The lowest BCUT2D eigenvalue weighted by Crippen LogP contribution is -2.28. The zero-order chi connectivity index (χ0) is 9.56. The third-order valence-corrected chi connectivity index (χ3v) is 1.19. The Labute approximate surface area is 69.2 Å². The topological polar surface area (TPSA) is 8.81 Å². The van der Waals surface area contributed by atoms with E-state index < -0.39 is 6.68 Å². The van der Waals surface area contributed by atoms with Gasteiger partial charge in [0, 0.05) is 0 Å². The number of halogens is 3. The number of aryl methyl sites for hydroxylation is 2. The van der Waals surface area contributed by atoms with Gasteiger partial charge in [0.2, 0.25) is 6.33 Å². The van der Waals surface area contributed by atoms with Gasteiger partial charge in [-0.15, -0.1) is 0 Å². The SMILES string of the molecule is CC[n+]1ccn(C)c1.FC(F)F. The first kappa shape index (κ1) is 11.0. The Morgan fingerprint density at radius 3 is 2.08 bits per heavy atom. The van der Waals surface area contributed by atoms with Gasteiger partial charge in [0.1, 0.15) is 12.4 Å². The summed E-state index contributed by atoms with van der Waals surface area (Å²) in [7, 11) is 2.02. The second kappa shape index (κ2) is 5.62. The Hall–Kier alpha value is -1.00. The van der Waals surface area contributed by atoms with E-state index in [0.717, 1.165) is 6.54 Å². The minimum Gasteiger partial charge on any atom is -0.240 e. The molecule has 0 bridgehead atoms. The summed E-state index contributed by atoms with van der Waals surface area (Å²) < 4.78 is 33.2. The molecule has 0 aliphatic heterocycles. The molecule has 1 aromatic rings. The lowest BCUT2D eigenvalue weighted by molar-refractivity contribution is -0.693. The molecule has 0 N–H and O–H groups in total. The molecule has 2 nitrogen and oxygen atoms in total. The van der Waals surface area contributed by atoms with Crippen LogP contribution in [0.2, 0.25) is 0 Å². The van der Waals surface area contributed by atoms with Crippen molar-refractivity contribution in [2.45, 2.75) is 20.1 Å². The van der Waals surface area contributed by atoms with Gasteiger partial charge in [-0.3, -0.25) is 0 Å². The maximum absolute atomic E-state index is 9.67. The monoisotopic (exact) mass is 181 g/mol. The van der Waals surface area contributed by atoms with Crippen LogP contribution < -0.4 is 4.57 Å². The van der Waals surface area contributed by atoms with Crippen molar-refractivity contribution >= 4 is 0 Å². The molecule has 0 spiro atoms. The van der Waals surface area contributed by atoms with Crippen LogP contribution in [0.3, 0.4) is 0 Å². The van der Waals surface area contributed by atoms with Crippen LogP contribution in [0.5, 0.6) is 0 Å². The van der Waals surface area contributed by atoms with Gasteiger partial charge in [-0.2, -0.15) is 13.2 Å². The van der Waals surface area contributed by atoms with Crippen molar-refractivity contribution in [3.05, 3.63) is 18.7 Å². The number of alkyl halides is 3. The van der Waals surface area contributed by atoms with Crippen LogP contribution in [-0.2, 0) is 13.6 Å².